The Hall–Kier alpha value is -1.04. The fourth-order valence-corrected chi connectivity index (χ4v) is 0.767. The van der Waals surface area contributed by atoms with Crippen LogP contribution < -0.4 is 0 Å². The lowest BCUT2D eigenvalue weighted by atomic mass is 10.1. The molecular weight excluding hydrogens is 142 g/mol. The van der Waals surface area contributed by atoms with Gasteiger partial charge in [0.2, 0.25) is 0 Å². The molecule has 0 spiro atoms. The van der Waals surface area contributed by atoms with Crippen LogP contribution in [-0.2, 0) is 9.53 Å². The zero-order valence-electron chi connectivity index (χ0n) is 6.96. The van der Waals surface area contributed by atoms with Gasteiger partial charge in [0, 0.05) is 0 Å². The molecule has 0 aliphatic carbocycles. The van der Waals surface area contributed by atoms with Crippen LogP contribution >= 0.6 is 0 Å². The van der Waals surface area contributed by atoms with Crippen LogP contribution in [-0.4, -0.2) is 12.6 Å². The molecule has 0 amide bonds. The van der Waals surface area contributed by atoms with E-state index < -0.39 is 11.9 Å². The van der Waals surface area contributed by atoms with E-state index in [1.807, 2.05) is 13.0 Å². The van der Waals surface area contributed by atoms with Gasteiger partial charge in [-0.15, -0.1) is 0 Å². The van der Waals surface area contributed by atoms with Gasteiger partial charge in [-0.1, -0.05) is 13.3 Å². The van der Waals surface area contributed by atoms with Crippen LogP contribution in [0.25, 0.3) is 0 Å². The summed E-state index contributed by atoms with van der Waals surface area (Å²) in [6, 6.07) is 1.91. The van der Waals surface area contributed by atoms with Crippen molar-refractivity contribution >= 4 is 5.97 Å². The zero-order chi connectivity index (χ0) is 8.69. The number of carbonyl (C=O) groups excluding carboxylic acids is 1. The normalized spacial score (nSPS) is 11.7. The highest BCUT2D eigenvalue weighted by Gasteiger charge is 2.16. The summed E-state index contributed by atoms with van der Waals surface area (Å²) >= 11 is 0. The standard InChI is InChI=1S/C8H13NO2/c1-3-5-7(6-9)8(10)11-4-2/h7H,3-5H2,1-2H3/t7-/m0/s1. The molecule has 0 saturated heterocycles. The maximum absolute atomic E-state index is 10.9. The molecule has 1 atom stereocenters. The topological polar surface area (TPSA) is 50.1 Å². The van der Waals surface area contributed by atoms with E-state index in [2.05, 4.69) is 4.74 Å². The van der Waals surface area contributed by atoms with E-state index in [9.17, 15) is 4.79 Å². The highest BCUT2D eigenvalue weighted by Crippen LogP contribution is 2.06. The van der Waals surface area contributed by atoms with Crippen molar-refractivity contribution in [3.05, 3.63) is 0 Å². The van der Waals surface area contributed by atoms with Crippen LogP contribution in [0.5, 0.6) is 0 Å². The predicted octanol–water partition coefficient (Wildman–Crippen LogP) is 1.49. The molecule has 0 saturated carbocycles. The van der Waals surface area contributed by atoms with E-state index in [0.717, 1.165) is 6.42 Å². The van der Waals surface area contributed by atoms with Crippen LogP contribution in [0.3, 0.4) is 0 Å². The van der Waals surface area contributed by atoms with Crippen LogP contribution in [0.15, 0.2) is 0 Å². The van der Waals surface area contributed by atoms with Crippen LogP contribution in [0.2, 0.25) is 0 Å². The number of esters is 1. The van der Waals surface area contributed by atoms with E-state index in [1.165, 1.54) is 0 Å². The summed E-state index contributed by atoms with van der Waals surface area (Å²) in [6.07, 6.45) is 1.42. The third-order valence-corrected chi connectivity index (χ3v) is 1.30. The SMILES string of the molecule is CCC[C@@H](C#N)C(=O)OCC. The molecule has 0 heterocycles. The molecule has 0 aliphatic heterocycles. The summed E-state index contributed by atoms with van der Waals surface area (Å²) in [6.45, 7) is 4.02. The largest absolute Gasteiger partial charge is 0.465 e. The molecule has 0 rings (SSSR count). The average molecular weight is 155 g/mol. The number of hydrogen-bond acceptors (Lipinski definition) is 3. The lowest BCUT2D eigenvalue weighted by Crippen LogP contribution is -2.15. The second kappa shape index (κ2) is 5.72. The van der Waals surface area contributed by atoms with Crippen molar-refractivity contribution < 1.29 is 9.53 Å². The zero-order valence-corrected chi connectivity index (χ0v) is 6.96. The molecule has 11 heavy (non-hydrogen) atoms. The van der Waals surface area contributed by atoms with Crippen molar-refractivity contribution in [2.75, 3.05) is 6.61 Å². The summed E-state index contributed by atoms with van der Waals surface area (Å²) < 4.78 is 4.69. The van der Waals surface area contributed by atoms with Crippen molar-refractivity contribution in [1.29, 1.82) is 5.26 Å². The Bertz CT molecular complexity index is 160. The summed E-state index contributed by atoms with van der Waals surface area (Å²) in [5.41, 5.74) is 0. The molecule has 0 bridgehead atoms. The van der Waals surface area contributed by atoms with Crippen molar-refractivity contribution in [2.24, 2.45) is 5.92 Å². The van der Waals surface area contributed by atoms with E-state index in [0.29, 0.717) is 13.0 Å². The number of carbonyl (C=O) groups is 1. The summed E-state index contributed by atoms with van der Waals surface area (Å²) in [5.74, 6) is -0.961. The summed E-state index contributed by atoms with van der Waals surface area (Å²) in [7, 11) is 0. The predicted molar refractivity (Wildman–Crippen MR) is 40.6 cm³/mol. The van der Waals surface area contributed by atoms with Gasteiger partial charge in [-0.25, -0.2) is 0 Å². The Morgan fingerprint density at radius 1 is 1.64 bits per heavy atom. The number of nitriles is 1. The average Bonchev–Trinajstić information content (AvgIpc) is 2.00. The summed E-state index contributed by atoms with van der Waals surface area (Å²) in [4.78, 5) is 10.9. The minimum absolute atomic E-state index is 0.348. The highest BCUT2D eigenvalue weighted by atomic mass is 16.5. The molecule has 0 aromatic carbocycles. The lowest BCUT2D eigenvalue weighted by Gasteiger charge is -2.05. The van der Waals surface area contributed by atoms with E-state index in [1.54, 1.807) is 6.92 Å². The van der Waals surface area contributed by atoms with Gasteiger partial charge in [0.05, 0.1) is 12.7 Å². The van der Waals surface area contributed by atoms with Crippen molar-refractivity contribution in [2.45, 2.75) is 26.7 Å². The Kier molecular flexibility index (Phi) is 5.18. The third kappa shape index (κ3) is 3.61. The number of nitrogens with zero attached hydrogens (tertiary/aromatic N) is 1. The molecule has 3 nitrogen and oxygen atoms in total. The molecule has 0 fully saturated rings. The lowest BCUT2D eigenvalue weighted by molar-refractivity contribution is -0.146. The van der Waals surface area contributed by atoms with Gasteiger partial charge in [-0.3, -0.25) is 4.79 Å². The molecule has 62 valence electrons. The first-order valence-corrected chi connectivity index (χ1v) is 3.82. The molecule has 3 heteroatoms. The first-order valence-electron chi connectivity index (χ1n) is 3.82. The van der Waals surface area contributed by atoms with Gasteiger partial charge in [0.15, 0.2) is 0 Å². The van der Waals surface area contributed by atoms with Gasteiger partial charge in [0.25, 0.3) is 0 Å². The Labute approximate surface area is 67.0 Å². The summed E-state index contributed by atoms with van der Waals surface area (Å²) in [5, 5.41) is 8.50. The number of ether oxygens (including phenoxy) is 1. The molecule has 0 aliphatic rings. The minimum atomic E-state index is -0.569. The van der Waals surface area contributed by atoms with Crippen molar-refractivity contribution in [1.82, 2.24) is 0 Å². The van der Waals surface area contributed by atoms with Gasteiger partial charge in [-0.05, 0) is 13.3 Å². The highest BCUT2D eigenvalue weighted by molar-refractivity contribution is 5.75. The van der Waals surface area contributed by atoms with Crippen LogP contribution in [0.4, 0.5) is 0 Å². The molecule has 0 radical (unpaired) electrons. The minimum Gasteiger partial charge on any atom is -0.465 e. The monoisotopic (exact) mass is 155 g/mol. The fraction of sp³-hybridized carbons (Fsp3) is 0.750. The van der Waals surface area contributed by atoms with Crippen molar-refractivity contribution in [3.63, 3.8) is 0 Å². The van der Waals surface area contributed by atoms with E-state index in [-0.39, 0.29) is 0 Å². The van der Waals surface area contributed by atoms with Gasteiger partial charge >= 0.3 is 5.97 Å². The van der Waals surface area contributed by atoms with Crippen LogP contribution in [0, 0.1) is 17.2 Å². The fourth-order valence-electron chi connectivity index (χ4n) is 0.767. The smallest absolute Gasteiger partial charge is 0.323 e. The maximum atomic E-state index is 10.9. The first-order chi connectivity index (χ1) is 5.26. The van der Waals surface area contributed by atoms with E-state index >= 15 is 0 Å². The van der Waals surface area contributed by atoms with Gasteiger partial charge < -0.3 is 4.74 Å². The Morgan fingerprint density at radius 3 is 2.64 bits per heavy atom. The number of rotatable bonds is 4. The molecular formula is C8H13NO2. The number of hydrogen-bond donors (Lipinski definition) is 0. The third-order valence-electron chi connectivity index (χ3n) is 1.30. The van der Waals surface area contributed by atoms with Gasteiger partial charge in [0.1, 0.15) is 5.92 Å². The van der Waals surface area contributed by atoms with Crippen LogP contribution in [0.1, 0.15) is 26.7 Å². The molecule has 0 aromatic rings. The Balaban J connectivity index is 3.84. The van der Waals surface area contributed by atoms with E-state index in [4.69, 9.17) is 5.26 Å². The second-order valence-electron chi connectivity index (χ2n) is 2.22. The Morgan fingerprint density at radius 2 is 2.27 bits per heavy atom. The second-order valence-corrected chi connectivity index (χ2v) is 2.22. The quantitative estimate of drug-likeness (QED) is 0.578. The molecule has 0 unspecified atom stereocenters. The molecule has 0 N–H and O–H groups in total. The molecule has 0 aromatic heterocycles. The van der Waals surface area contributed by atoms with Gasteiger partial charge in [-0.2, -0.15) is 5.26 Å². The first kappa shape index (κ1) is 9.96. The van der Waals surface area contributed by atoms with Crippen molar-refractivity contribution in [3.8, 4) is 6.07 Å². The maximum Gasteiger partial charge on any atom is 0.323 e.